The number of carbonyl (C=O) groups is 1. The minimum atomic E-state index is 0.0784. The van der Waals surface area contributed by atoms with E-state index in [1.54, 1.807) is 6.07 Å². The van der Waals surface area contributed by atoms with E-state index in [1.165, 1.54) is 6.33 Å². The number of ether oxygens (including phenoxy) is 1. The van der Waals surface area contributed by atoms with Crippen molar-refractivity contribution in [2.75, 3.05) is 0 Å². The summed E-state index contributed by atoms with van der Waals surface area (Å²) in [6, 6.07) is 1.72. The normalized spacial score (nSPS) is 10.4. The van der Waals surface area contributed by atoms with Gasteiger partial charge in [0.15, 0.2) is 0 Å². The molecule has 1 aromatic heterocycles. The molecular formula is C11H16N2O2. The summed E-state index contributed by atoms with van der Waals surface area (Å²) in [6.45, 7) is 5.70. The SMILES string of the molecule is CCC(=O)Cc1cc(OC(C)C)ncn1. The molecule has 4 heteroatoms. The Labute approximate surface area is 89.7 Å². The van der Waals surface area contributed by atoms with Gasteiger partial charge in [-0.25, -0.2) is 9.97 Å². The molecule has 0 aliphatic rings. The fourth-order valence-electron chi connectivity index (χ4n) is 1.11. The fourth-order valence-corrected chi connectivity index (χ4v) is 1.11. The van der Waals surface area contributed by atoms with Crippen LogP contribution in [0.25, 0.3) is 0 Å². The second-order valence-electron chi connectivity index (χ2n) is 3.58. The number of hydrogen-bond acceptors (Lipinski definition) is 4. The average molecular weight is 208 g/mol. The first-order chi connectivity index (χ1) is 7.11. The first-order valence-corrected chi connectivity index (χ1v) is 5.11. The van der Waals surface area contributed by atoms with E-state index in [0.717, 1.165) is 0 Å². The van der Waals surface area contributed by atoms with Crippen LogP contribution < -0.4 is 4.74 Å². The van der Waals surface area contributed by atoms with Gasteiger partial charge >= 0.3 is 0 Å². The highest BCUT2D eigenvalue weighted by Crippen LogP contribution is 2.09. The van der Waals surface area contributed by atoms with Crippen LogP contribution in [0.15, 0.2) is 12.4 Å². The minimum Gasteiger partial charge on any atom is -0.475 e. The zero-order valence-corrected chi connectivity index (χ0v) is 9.36. The molecule has 0 radical (unpaired) electrons. The van der Waals surface area contributed by atoms with Crippen molar-refractivity contribution in [3.8, 4) is 5.88 Å². The molecule has 0 spiro atoms. The van der Waals surface area contributed by atoms with Gasteiger partial charge in [-0.15, -0.1) is 0 Å². The molecule has 1 aromatic rings. The summed E-state index contributed by atoms with van der Waals surface area (Å²) in [6.07, 6.45) is 2.39. The summed E-state index contributed by atoms with van der Waals surface area (Å²) in [4.78, 5) is 19.2. The van der Waals surface area contributed by atoms with Crippen molar-refractivity contribution in [1.29, 1.82) is 0 Å². The Kier molecular flexibility index (Phi) is 4.21. The van der Waals surface area contributed by atoms with Gasteiger partial charge in [-0.05, 0) is 13.8 Å². The largest absolute Gasteiger partial charge is 0.475 e. The van der Waals surface area contributed by atoms with E-state index >= 15 is 0 Å². The van der Waals surface area contributed by atoms with Gasteiger partial charge in [-0.2, -0.15) is 0 Å². The zero-order chi connectivity index (χ0) is 11.3. The quantitative estimate of drug-likeness (QED) is 0.740. The Bertz CT molecular complexity index is 337. The second kappa shape index (κ2) is 5.44. The molecule has 0 aliphatic heterocycles. The van der Waals surface area contributed by atoms with Crippen LogP contribution in [0.3, 0.4) is 0 Å². The third-order valence-corrected chi connectivity index (χ3v) is 1.83. The predicted molar refractivity (Wildman–Crippen MR) is 56.8 cm³/mol. The van der Waals surface area contributed by atoms with Crippen LogP contribution in [-0.4, -0.2) is 21.9 Å². The third-order valence-electron chi connectivity index (χ3n) is 1.83. The van der Waals surface area contributed by atoms with Gasteiger partial charge in [0.2, 0.25) is 5.88 Å². The zero-order valence-electron chi connectivity index (χ0n) is 9.36. The maximum atomic E-state index is 11.2. The number of ketones is 1. The Hall–Kier alpha value is -1.45. The molecule has 1 heterocycles. The lowest BCUT2D eigenvalue weighted by molar-refractivity contribution is -0.118. The minimum absolute atomic E-state index is 0.0784. The van der Waals surface area contributed by atoms with Crippen LogP contribution in [0, 0.1) is 0 Å². The molecule has 0 bridgehead atoms. The van der Waals surface area contributed by atoms with Crippen LogP contribution in [0.5, 0.6) is 5.88 Å². The number of Topliss-reactive ketones (excluding diaryl/α,β-unsaturated/α-hetero) is 1. The van der Waals surface area contributed by atoms with E-state index in [2.05, 4.69) is 9.97 Å². The summed E-state index contributed by atoms with van der Waals surface area (Å²) in [5.74, 6) is 0.697. The summed E-state index contributed by atoms with van der Waals surface area (Å²) in [5, 5.41) is 0. The monoisotopic (exact) mass is 208 g/mol. The molecule has 15 heavy (non-hydrogen) atoms. The van der Waals surface area contributed by atoms with Crippen molar-refractivity contribution < 1.29 is 9.53 Å². The van der Waals surface area contributed by atoms with Gasteiger partial charge in [0, 0.05) is 18.9 Å². The molecular weight excluding hydrogens is 192 g/mol. The van der Waals surface area contributed by atoms with E-state index in [0.29, 0.717) is 24.4 Å². The molecule has 4 nitrogen and oxygen atoms in total. The van der Waals surface area contributed by atoms with Gasteiger partial charge in [0.1, 0.15) is 12.1 Å². The molecule has 0 saturated carbocycles. The summed E-state index contributed by atoms with van der Waals surface area (Å²) < 4.78 is 5.41. The lowest BCUT2D eigenvalue weighted by atomic mass is 10.2. The van der Waals surface area contributed by atoms with Gasteiger partial charge in [0.25, 0.3) is 0 Å². The first kappa shape index (κ1) is 11.6. The second-order valence-corrected chi connectivity index (χ2v) is 3.58. The summed E-state index contributed by atoms with van der Waals surface area (Å²) in [5.41, 5.74) is 0.715. The molecule has 1 rings (SSSR count). The standard InChI is InChI=1S/C11H16N2O2/c1-4-10(14)5-9-6-11(13-7-12-9)15-8(2)3/h6-8H,4-5H2,1-3H3. The smallest absolute Gasteiger partial charge is 0.216 e. The van der Waals surface area contributed by atoms with Gasteiger partial charge < -0.3 is 4.74 Å². The summed E-state index contributed by atoms with van der Waals surface area (Å²) >= 11 is 0. The first-order valence-electron chi connectivity index (χ1n) is 5.11. The van der Waals surface area contributed by atoms with Crippen molar-refractivity contribution in [3.63, 3.8) is 0 Å². The van der Waals surface area contributed by atoms with E-state index in [9.17, 15) is 4.79 Å². The Balaban J connectivity index is 2.69. The van der Waals surface area contributed by atoms with E-state index in [1.807, 2.05) is 20.8 Å². The Morgan fingerprint density at radius 3 is 2.80 bits per heavy atom. The van der Waals surface area contributed by atoms with Gasteiger partial charge in [0.05, 0.1) is 11.8 Å². The number of carbonyl (C=O) groups excluding carboxylic acids is 1. The molecule has 0 atom stereocenters. The van der Waals surface area contributed by atoms with Crippen LogP contribution in [0.2, 0.25) is 0 Å². The molecule has 0 saturated heterocycles. The molecule has 82 valence electrons. The van der Waals surface area contributed by atoms with Crippen molar-refractivity contribution in [1.82, 2.24) is 9.97 Å². The number of nitrogens with zero attached hydrogens (tertiary/aromatic N) is 2. The highest BCUT2D eigenvalue weighted by molar-refractivity contribution is 5.80. The molecule has 0 aliphatic carbocycles. The lowest BCUT2D eigenvalue weighted by Crippen LogP contribution is -2.09. The van der Waals surface area contributed by atoms with Crippen LogP contribution in [-0.2, 0) is 11.2 Å². The molecule has 0 fully saturated rings. The number of rotatable bonds is 5. The maximum Gasteiger partial charge on any atom is 0.216 e. The van der Waals surface area contributed by atoms with Gasteiger partial charge in [-0.3, -0.25) is 4.79 Å². The molecule has 0 N–H and O–H groups in total. The van der Waals surface area contributed by atoms with Crippen LogP contribution in [0.1, 0.15) is 32.9 Å². The molecule has 0 unspecified atom stereocenters. The highest BCUT2D eigenvalue weighted by atomic mass is 16.5. The lowest BCUT2D eigenvalue weighted by Gasteiger charge is -2.08. The van der Waals surface area contributed by atoms with E-state index in [4.69, 9.17) is 4.74 Å². The maximum absolute atomic E-state index is 11.2. The highest BCUT2D eigenvalue weighted by Gasteiger charge is 2.05. The van der Waals surface area contributed by atoms with Gasteiger partial charge in [-0.1, -0.05) is 6.92 Å². The average Bonchev–Trinajstić information content (AvgIpc) is 2.17. The molecule has 0 aromatic carbocycles. The van der Waals surface area contributed by atoms with E-state index < -0.39 is 0 Å². The van der Waals surface area contributed by atoms with Crippen molar-refractivity contribution in [2.24, 2.45) is 0 Å². The van der Waals surface area contributed by atoms with Crippen LogP contribution in [0.4, 0.5) is 0 Å². The fraction of sp³-hybridized carbons (Fsp3) is 0.545. The predicted octanol–water partition coefficient (Wildman–Crippen LogP) is 1.79. The number of aromatic nitrogens is 2. The number of hydrogen-bond donors (Lipinski definition) is 0. The Morgan fingerprint density at radius 2 is 2.20 bits per heavy atom. The summed E-state index contributed by atoms with van der Waals surface area (Å²) in [7, 11) is 0. The van der Waals surface area contributed by atoms with Crippen molar-refractivity contribution in [2.45, 2.75) is 39.7 Å². The third kappa shape index (κ3) is 4.06. The Morgan fingerprint density at radius 1 is 1.47 bits per heavy atom. The van der Waals surface area contributed by atoms with Crippen molar-refractivity contribution >= 4 is 5.78 Å². The van der Waals surface area contributed by atoms with E-state index in [-0.39, 0.29) is 11.9 Å². The molecule has 0 amide bonds. The van der Waals surface area contributed by atoms with Crippen molar-refractivity contribution in [3.05, 3.63) is 18.1 Å². The topological polar surface area (TPSA) is 52.1 Å². The van der Waals surface area contributed by atoms with Crippen LogP contribution >= 0.6 is 0 Å².